The largest absolute Gasteiger partial charge is 0.508 e. The van der Waals surface area contributed by atoms with Crippen molar-refractivity contribution >= 4 is 5.97 Å². The van der Waals surface area contributed by atoms with Crippen LogP contribution in [0.5, 0.6) is 5.75 Å². The van der Waals surface area contributed by atoms with Crippen LogP contribution in [0.2, 0.25) is 0 Å². The molecule has 0 saturated heterocycles. The van der Waals surface area contributed by atoms with Crippen molar-refractivity contribution in [1.29, 1.82) is 0 Å². The molecule has 1 aromatic carbocycles. The molecule has 0 radical (unpaired) electrons. The van der Waals surface area contributed by atoms with E-state index in [4.69, 9.17) is 0 Å². The first-order valence-corrected chi connectivity index (χ1v) is 6.71. The van der Waals surface area contributed by atoms with Gasteiger partial charge in [0, 0.05) is 18.3 Å². The highest BCUT2D eigenvalue weighted by Gasteiger charge is 2.28. The molecule has 2 heterocycles. The number of rotatable bonds is 3. The Labute approximate surface area is 116 Å². The molecule has 2 N–H and O–H groups in total. The predicted molar refractivity (Wildman–Crippen MR) is 72.8 cm³/mol. The second-order valence-corrected chi connectivity index (χ2v) is 5.13. The molecule has 0 fully saturated rings. The highest BCUT2D eigenvalue weighted by atomic mass is 16.4. The molecule has 0 bridgehead atoms. The summed E-state index contributed by atoms with van der Waals surface area (Å²) in [7, 11) is 0. The molecule has 104 valence electrons. The number of aliphatic carboxylic acids is 1. The number of carbonyl (C=O) groups is 1. The quantitative estimate of drug-likeness (QED) is 0.897. The standard InChI is InChI=1S/C15H16N2O3/c18-12-6-4-10(5-7-12)8-14-16-9-11-2-1-3-13(15(19)20)17(11)14/h4-7,9,13,18H,1-3,8H2,(H,19,20). The van der Waals surface area contributed by atoms with Crippen LogP contribution in [0, 0.1) is 0 Å². The maximum Gasteiger partial charge on any atom is 0.326 e. The summed E-state index contributed by atoms with van der Waals surface area (Å²) in [6, 6.07) is 6.41. The molecule has 5 heteroatoms. The van der Waals surface area contributed by atoms with Gasteiger partial charge in [-0.2, -0.15) is 0 Å². The summed E-state index contributed by atoms with van der Waals surface area (Å²) < 4.78 is 1.86. The number of phenolic OH excluding ortho intramolecular Hbond substituents is 1. The van der Waals surface area contributed by atoms with E-state index in [-0.39, 0.29) is 5.75 Å². The molecule has 0 spiro atoms. The number of phenols is 1. The van der Waals surface area contributed by atoms with E-state index in [2.05, 4.69) is 4.98 Å². The first kappa shape index (κ1) is 12.7. The van der Waals surface area contributed by atoms with Crippen LogP contribution < -0.4 is 0 Å². The average Bonchev–Trinajstić information content (AvgIpc) is 2.84. The molecule has 3 rings (SSSR count). The molecule has 1 unspecified atom stereocenters. The number of carboxylic acid groups (broad SMARTS) is 1. The summed E-state index contributed by atoms with van der Waals surface area (Å²) in [5.74, 6) is 0.205. The van der Waals surface area contributed by atoms with Crippen molar-refractivity contribution < 1.29 is 15.0 Å². The van der Waals surface area contributed by atoms with Crippen LogP contribution in [0.15, 0.2) is 30.5 Å². The van der Waals surface area contributed by atoms with E-state index in [0.29, 0.717) is 12.8 Å². The zero-order chi connectivity index (χ0) is 14.1. The van der Waals surface area contributed by atoms with Gasteiger partial charge in [0.05, 0.1) is 0 Å². The smallest absolute Gasteiger partial charge is 0.326 e. The fraction of sp³-hybridized carbons (Fsp3) is 0.333. The van der Waals surface area contributed by atoms with Crippen molar-refractivity contribution in [3.05, 3.63) is 47.5 Å². The number of nitrogens with zero attached hydrogens (tertiary/aromatic N) is 2. The third-order valence-electron chi connectivity index (χ3n) is 3.76. The van der Waals surface area contributed by atoms with Crippen molar-refractivity contribution in [2.75, 3.05) is 0 Å². The Kier molecular flexibility index (Phi) is 3.18. The Morgan fingerprint density at radius 2 is 2.10 bits per heavy atom. The Balaban J connectivity index is 1.93. The fourth-order valence-electron chi connectivity index (χ4n) is 2.77. The minimum atomic E-state index is -0.795. The number of imidazole rings is 1. The van der Waals surface area contributed by atoms with Crippen molar-refractivity contribution in [3.8, 4) is 5.75 Å². The Bertz CT molecular complexity index is 631. The molecular formula is C15H16N2O3. The number of aromatic nitrogens is 2. The van der Waals surface area contributed by atoms with E-state index >= 15 is 0 Å². The van der Waals surface area contributed by atoms with Crippen LogP contribution in [0.1, 0.15) is 36.0 Å². The fourth-order valence-corrected chi connectivity index (χ4v) is 2.77. The number of fused-ring (bicyclic) bond motifs is 1. The second-order valence-electron chi connectivity index (χ2n) is 5.13. The molecule has 1 aliphatic rings. The SMILES string of the molecule is O=C(O)C1CCCc2cnc(Cc3ccc(O)cc3)n21. The van der Waals surface area contributed by atoms with Crippen LogP contribution in [0.4, 0.5) is 0 Å². The molecule has 0 aliphatic carbocycles. The van der Waals surface area contributed by atoms with Gasteiger partial charge in [0.2, 0.25) is 0 Å². The lowest BCUT2D eigenvalue weighted by Crippen LogP contribution is -2.26. The van der Waals surface area contributed by atoms with Crippen molar-refractivity contribution in [1.82, 2.24) is 9.55 Å². The minimum Gasteiger partial charge on any atom is -0.508 e. The topological polar surface area (TPSA) is 75.3 Å². The second kappa shape index (κ2) is 5.00. The predicted octanol–water partition coefficient (Wildman–Crippen LogP) is 2.14. The van der Waals surface area contributed by atoms with Crippen LogP contribution >= 0.6 is 0 Å². The summed E-state index contributed by atoms with van der Waals surface area (Å²) in [5.41, 5.74) is 2.00. The monoisotopic (exact) mass is 272 g/mol. The summed E-state index contributed by atoms with van der Waals surface area (Å²) in [6.07, 6.45) is 4.78. The van der Waals surface area contributed by atoms with Crippen LogP contribution in [0.25, 0.3) is 0 Å². The number of aromatic hydroxyl groups is 1. The Hall–Kier alpha value is -2.30. The van der Waals surface area contributed by atoms with Gasteiger partial charge in [-0.25, -0.2) is 9.78 Å². The Morgan fingerprint density at radius 3 is 2.80 bits per heavy atom. The zero-order valence-corrected chi connectivity index (χ0v) is 11.0. The van der Waals surface area contributed by atoms with E-state index in [9.17, 15) is 15.0 Å². The molecule has 0 saturated carbocycles. The number of aryl methyl sites for hydroxylation is 1. The number of carboxylic acids is 1. The van der Waals surface area contributed by atoms with Gasteiger partial charge < -0.3 is 14.8 Å². The lowest BCUT2D eigenvalue weighted by Gasteiger charge is -2.24. The van der Waals surface area contributed by atoms with Gasteiger partial charge in [-0.3, -0.25) is 0 Å². The first-order valence-electron chi connectivity index (χ1n) is 6.71. The number of benzene rings is 1. The van der Waals surface area contributed by atoms with Gasteiger partial charge in [-0.1, -0.05) is 12.1 Å². The zero-order valence-electron chi connectivity index (χ0n) is 11.0. The molecular weight excluding hydrogens is 256 g/mol. The van der Waals surface area contributed by atoms with Crippen molar-refractivity contribution in [2.24, 2.45) is 0 Å². The summed E-state index contributed by atoms with van der Waals surface area (Å²) in [5, 5.41) is 18.6. The average molecular weight is 272 g/mol. The summed E-state index contributed by atoms with van der Waals surface area (Å²) >= 11 is 0. The third-order valence-corrected chi connectivity index (χ3v) is 3.76. The molecule has 1 atom stereocenters. The van der Waals surface area contributed by atoms with Crippen LogP contribution in [0.3, 0.4) is 0 Å². The number of hydrogen-bond donors (Lipinski definition) is 2. The lowest BCUT2D eigenvalue weighted by atomic mass is 10.0. The van der Waals surface area contributed by atoms with Gasteiger partial charge in [0.15, 0.2) is 0 Å². The normalized spacial score (nSPS) is 17.7. The lowest BCUT2D eigenvalue weighted by molar-refractivity contribution is -0.141. The summed E-state index contributed by atoms with van der Waals surface area (Å²) in [6.45, 7) is 0. The van der Waals surface area contributed by atoms with Crippen LogP contribution in [-0.2, 0) is 17.6 Å². The highest BCUT2D eigenvalue weighted by Crippen LogP contribution is 2.28. The van der Waals surface area contributed by atoms with Gasteiger partial charge in [0.25, 0.3) is 0 Å². The van der Waals surface area contributed by atoms with Gasteiger partial charge in [0.1, 0.15) is 17.6 Å². The highest BCUT2D eigenvalue weighted by molar-refractivity contribution is 5.72. The van der Waals surface area contributed by atoms with Crippen molar-refractivity contribution in [3.63, 3.8) is 0 Å². The van der Waals surface area contributed by atoms with Gasteiger partial charge >= 0.3 is 5.97 Å². The molecule has 2 aromatic rings. The molecule has 1 aromatic heterocycles. The molecule has 20 heavy (non-hydrogen) atoms. The van der Waals surface area contributed by atoms with E-state index in [1.54, 1.807) is 18.3 Å². The third kappa shape index (κ3) is 2.27. The minimum absolute atomic E-state index is 0.224. The number of hydrogen-bond acceptors (Lipinski definition) is 3. The maximum absolute atomic E-state index is 11.4. The Morgan fingerprint density at radius 1 is 1.35 bits per heavy atom. The van der Waals surface area contributed by atoms with E-state index < -0.39 is 12.0 Å². The molecule has 5 nitrogen and oxygen atoms in total. The molecule has 1 aliphatic heterocycles. The summed E-state index contributed by atoms with van der Waals surface area (Å²) in [4.78, 5) is 15.8. The maximum atomic E-state index is 11.4. The van der Waals surface area contributed by atoms with E-state index in [1.165, 1.54) is 0 Å². The van der Waals surface area contributed by atoms with E-state index in [0.717, 1.165) is 29.9 Å². The van der Waals surface area contributed by atoms with Crippen molar-refractivity contribution in [2.45, 2.75) is 31.7 Å². The van der Waals surface area contributed by atoms with E-state index in [1.807, 2.05) is 16.7 Å². The van der Waals surface area contributed by atoms with Crippen LogP contribution in [-0.4, -0.2) is 25.7 Å². The first-order chi connectivity index (χ1) is 9.65. The molecule has 0 amide bonds. The van der Waals surface area contributed by atoms with Gasteiger partial charge in [-0.15, -0.1) is 0 Å². The van der Waals surface area contributed by atoms with Gasteiger partial charge in [-0.05, 0) is 37.0 Å².